The molecule has 0 spiro atoms. The summed E-state index contributed by atoms with van der Waals surface area (Å²) in [6, 6.07) is 9.16. The predicted molar refractivity (Wildman–Crippen MR) is 116 cm³/mol. The highest BCUT2D eigenvalue weighted by Crippen LogP contribution is 2.23. The van der Waals surface area contributed by atoms with E-state index in [1.807, 2.05) is 44.2 Å². The molecule has 31 heavy (non-hydrogen) atoms. The van der Waals surface area contributed by atoms with Gasteiger partial charge >= 0.3 is 12.0 Å². The SMILES string of the molecule is Cc1nn(-c2ccccc2)c(C)c1CC(=O)OCC(=O)NC(=O)N[C@H]1CCCC[C@H]1C. The topological polar surface area (TPSA) is 102 Å². The summed E-state index contributed by atoms with van der Waals surface area (Å²) in [5, 5.41) is 9.58. The minimum atomic E-state index is -0.650. The van der Waals surface area contributed by atoms with E-state index in [0.717, 1.165) is 41.9 Å². The van der Waals surface area contributed by atoms with Gasteiger partial charge in [0.05, 0.1) is 17.8 Å². The summed E-state index contributed by atoms with van der Waals surface area (Å²) in [7, 11) is 0. The number of para-hydroxylation sites is 1. The number of nitrogens with zero attached hydrogens (tertiary/aromatic N) is 2. The number of benzene rings is 1. The Balaban J connectivity index is 1.48. The molecule has 3 rings (SSSR count). The normalized spacial score (nSPS) is 18.3. The van der Waals surface area contributed by atoms with Crippen LogP contribution in [0, 0.1) is 19.8 Å². The highest BCUT2D eigenvalue weighted by atomic mass is 16.5. The van der Waals surface area contributed by atoms with E-state index in [9.17, 15) is 14.4 Å². The van der Waals surface area contributed by atoms with Gasteiger partial charge in [0.2, 0.25) is 0 Å². The van der Waals surface area contributed by atoms with Gasteiger partial charge in [0, 0.05) is 17.3 Å². The Morgan fingerprint density at radius 2 is 1.84 bits per heavy atom. The number of esters is 1. The number of aryl methyl sites for hydroxylation is 1. The molecule has 1 aromatic heterocycles. The molecule has 1 fully saturated rings. The van der Waals surface area contributed by atoms with Crippen LogP contribution in [0.2, 0.25) is 0 Å². The Kier molecular flexibility index (Phi) is 7.44. The summed E-state index contributed by atoms with van der Waals surface area (Å²) in [4.78, 5) is 36.3. The number of hydrogen-bond acceptors (Lipinski definition) is 5. The van der Waals surface area contributed by atoms with Crippen molar-refractivity contribution >= 4 is 17.9 Å². The molecule has 8 heteroatoms. The molecule has 2 aromatic rings. The van der Waals surface area contributed by atoms with Gasteiger partial charge in [-0.3, -0.25) is 14.9 Å². The fraction of sp³-hybridized carbons (Fsp3) is 0.478. The number of nitrogens with one attached hydrogen (secondary N) is 2. The van der Waals surface area contributed by atoms with Crippen molar-refractivity contribution in [3.63, 3.8) is 0 Å². The van der Waals surface area contributed by atoms with Crippen LogP contribution in [0.4, 0.5) is 4.79 Å². The van der Waals surface area contributed by atoms with Crippen LogP contribution >= 0.6 is 0 Å². The van der Waals surface area contributed by atoms with Crippen molar-refractivity contribution in [2.75, 3.05) is 6.61 Å². The minimum Gasteiger partial charge on any atom is -0.455 e. The maximum Gasteiger partial charge on any atom is 0.321 e. The van der Waals surface area contributed by atoms with Gasteiger partial charge in [0.1, 0.15) is 0 Å². The van der Waals surface area contributed by atoms with E-state index in [2.05, 4.69) is 22.7 Å². The van der Waals surface area contributed by atoms with Gasteiger partial charge in [-0.1, -0.05) is 38.0 Å². The average Bonchev–Trinajstić information content (AvgIpc) is 3.03. The number of ether oxygens (including phenoxy) is 1. The van der Waals surface area contributed by atoms with Crippen molar-refractivity contribution < 1.29 is 19.1 Å². The van der Waals surface area contributed by atoms with Crippen LogP contribution in [0.5, 0.6) is 0 Å². The molecule has 1 aromatic carbocycles. The van der Waals surface area contributed by atoms with Crippen molar-refractivity contribution in [1.29, 1.82) is 0 Å². The number of aromatic nitrogens is 2. The quantitative estimate of drug-likeness (QED) is 0.692. The molecule has 0 bridgehead atoms. The average molecular weight is 427 g/mol. The zero-order valence-corrected chi connectivity index (χ0v) is 18.3. The molecule has 1 heterocycles. The molecule has 0 saturated heterocycles. The summed E-state index contributed by atoms with van der Waals surface area (Å²) in [5.74, 6) is -0.811. The van der Waals surface area contributed by atoms with E-state index in [1.54, 1.807) is 4.68 Å². The number of carbonyl (C=O) groups is 3. The van der Waals surface area contributed by atoms with Crippen molar-refractivity contribution in [3.8, 4) is 5.69 Å². The van der Waals surface area contributed by atoms with Crippen molar-refractivity contribution in [2.24, 2.45) is 5.92 Å². The monoisotopic (exact) mass is 426 g/mol. The lowest BCUT2D eigenvalue weighted by atomic mass is 9.86. The third-order valence-electron chi connectivity index (χ3n) is 5.81. The Bertz CT molecular complexity index is 939. The van der Waals surface area contributed by atoms with Crippen LogP contribution in [-0.2, 0) is 20.7 Å². The molecule has 1 aliphatic rings. The van der Waals surface area contributed by atoms with Gasteiger partial charge in [-0.15, -0.1) is 0 Å². The minimum absolute atomic E-state index is 0.00354. The Morgan fingerprint density at radius 3 is 2.55 bits per heavy atom. The first-order valence-corrected chi connectivity index (χ1v) is 10.7. The second-order valence-electron chi connectivity index (χ2n) is 8.12. The van der Waals surface area contributed by atoms with Gasteiger partial charge in [0.25, 0.3) is 5.91 Å². The highest BCUT2D eigenvalue weighted by molar-refractivity contribution is 5.95. The van der Waals surface area contributed by atoms with Crippen LogP contribution in [0.25, 0.3) is 5.69 Å². The van der Waals surface area contributed by atoms with Gasteiger partial charge in [-0.2, -0.15) is 5.10 Å². The molecule has 0 radical (unpaired) electrons. The lowest BCUT2D eigenvalue weighted by Gasteiger charge is -2.29. The molecular weight excluding hydrogens is 396 g/mol. The summed E-state index contributed by atoms with van der Waals surface area (Å²) in [6.07, 6.45) is 4.21. The Labute approximate surface area is 182 Å². The first kappa shape index (κ1) is 22.5. The van der Waals surface area contributed by atoms with Crippen LogP contribution in [-0.4, -0.2) is 40.3 Å². The standard InChI is InChI=1S/C23H30N4O4/c1-15-9-7-8-12-20(15)24-23(30)25-21(28)14-31-22(29)13-19-16(2)26-27(17(19)3)18-10-5-4-6-11-18/h4-6,10-11,15,20H,7-9,12-14H2,1-3H3,(H2,24,25,28,30)/t15-,20+/m1/s1. The number of urea groups is 1. The van der Waals surface area contributed by atoms with Crippen LogP contribution in [0.15, 0.2) is 30.3 Å². The predicted octanol–water partition coefficient (Wildman–Crippen LogP) is 2.98. The molecule has 1 saturated carbocycles. The van der Waals surface area contributed by atoms with E-state index in [4.69, 9.17) is 4.74 Å². The summed E-state index contributed by atoms with van der Waals surface area (Å²) < 4.78 is 6.86. The highest BCUT2D eigenvalue weighted by Gasteiger charge is 2.23. The van der Waals surface area contributed by atoms with Gasteiger partial charge in [-0.25, -0.2) is 9.48 Å². The zero-order chi connectivity index (χ0) is 22.4. The van der Waals surface area contributed by atoms with E-state index in [-0.39, 0.29) is 12.5 Å². The van der Waals surface area contributed by atoms with Crippen molar-refractivity contribution in [1.82, 2.24) is 20.4 Å². The van der Waals surface area contributed by atoms with Crippen LogP contribution < -0.4 is 10.6 Å². The lowest BCUT2D eigenvalue weighted by molar-refractivity contribution is -0.147. The van der Waals surface area contributed by atoms with Gasteiger partial charge in [0.15, 0.2) is 6.61 Å². The molecule has 0 unspecified atom stereocenters. The third-order valence-corrected chi connectivity index (χ3v) is 5.81. The number of imide groups is 1. The summed E-state index contributed by atoms with van der Waals surface area (Å²) in [5.41, 5.74) is 3.23. The molecule has 3 amide bonds. The van der Waals surface area contributed by atoms with Crippen molar-refractivity contribution in [2.45, 2.75) is 58.9 Å². The van der Waals surface area contributed by atoms with E-state index in [1.165, 1.54) is 6.42 Å². The van der Waals surface area contributed by atoms with Crippen LogP contribution in [0.3, 0.4) is 0 Å². The molecule has 0 aliphatic heterocycles. The summed E-state index contributed by atoms with van der Waals surface area (Å²) >= 11 is 0. The summed E-state index contributed by atoms with van der Waals surface area (Å²) in [6.45, 7) is 5.31. The molecule has 2 atom stereocenters. The van der Waals surface area contributed by atoms with Gasteiger partial charge in [-0.05, 0) is 44.7 Å². The molecule has 2 N–H and O–H groups in total. The number of rotatable bonds is 6. The van der Waals surface area contributed by atoms with E-state index in [0.29, 0.717) is 5.92 Å². The maximum absolute atomic E-state index is 12.3. The van der Waals surface area contributed by atoms with E-state index >= 15 is 0 Å². The maximum atomic E-state index is 12.3. The number of carbonyl (C=O) groups excluding carboxylic acids is 3. The molecule has 1 aliphatic carbocycles. The Morgan fingerprint density at radius 1 is 1.13 bits per heavy atom. The second kappa shape index (κ2) is 10.2. The second-order valence-corrected chi connectivity index (χ2v) is 8.12. The smallest absolute Gasteiger partial charge is 0.321 e. The van der Waals surface area contributed by atoms with E-state index < -0.39 is 24.5 Å². The largest absolute Gasteiger partial charge is 0.455 e. The number of hydrogen-bond donors (Lipinski definition) is 2. The zero-order valence-electron chi connectivity index (χ0n) is 18.3. The van der Waals surface area contributed by atoms with Crippen molar-refractivity contribution in [3.05, 3.63) is 47.3 Å². The van der Waals surface area contributed by atoms with Gasteiger partial charge < -0.3 is 10.1 Å². The van der Waals surface area contributed by atoms with Crippen LogP contribution in [0.1, 0.15) is 49.6 Å². The number of amides is 3. The first-order chi connectivity index (χ1) is 14.8. The molecule has 8 nitrogen and oxygen atoms in total. The fourth-order valence-electron chi connectivity index (χ4n) is 3.99. The molecule has 166 valence electrons. The first-order valence-electron chi connectivity index (χ1n) is 10.7. The molecular formula is C23H30N4O4. The third kappa shape index (κ3) is 5.93. The fourth-order valence-corrected chi connectivity index (χ4v) is 3.99. The lowest BCUT2D eigenvalue weighted by Crippen LogP contribution is -2.48. The Hall–Kier alpha value is -3.16.